The molecule has 1 aromatic carbocycles. The summed E-state index contributed by atoms with van der Waals surface area (Å²) >= 11 is 5.87. The maximum absolute atomic E-state index is 12.0. The molecule has 0 spiro atoms. The average molecular weight is 283 g/mol. The number of urea groups is 1. The molecule has 104 valence electrons. The summed E-state index contributed by atoms with van der Waals surface area (Å²) in [5, 5.41) is 3.61. The predicted molar refractivity (Wildman–Crippen MR) is 75.4 cm³/mol. The summed E-state index contributed by atoms with van der Waals surface area (Å²) in [6.07, 6.45) is -0.0797. The first-order valence-corrected chi connectivity index (χ1v) is 6.86. The highest BCUT2D eigenvalue weighted by molar-refractivity contribution is 6.30. The molecule has 0 saturated carbocycles. The molecular weight excluding hydrogens is 264 g/mol. The van der Waals surface area contributed by atoms with E-state index in [-0.39, 0.29) is 18.2 Å². The van der Waals surface area contributed by atoms with Gasteiger partial charge in [-0.05, 0) is 31.5 Å². The summed E-state index contributed by atoms with van der Waals surface area (Å²) in [6, 6.07) is 7.68. The van der Waals surface area contributed by atoms with E-state index in [2.05, 4.69) is 5.32 Å². The standard InChI is InChI=1S/C14H19ClN2O2/c1-10(2)16-14(18)17-7-8-19-13(9-17)11-3-5-12(15)6-4-11/h3-6,10,13H,7-9H2,1-2H3,(H,16,18). The van der Waals surface area contributed by atoms with E-state index in [1.807, 2.05) is 38.1 Å². The van der Waals surface area contributed by atoms with Gasteiger partial charge in [0.05, 0.1) is 13.2 Å². The van der Waals surface area contributed by atoms with E-state index in [4.69, 9.17) is 16.3 Å². The largest absolute Gasteiger partial charge is 0.370 e. The van der Waals surface area contributed by atoms with Gasteiger partial charge in [-0.2, -0.15) is 0 Å². The summed E-state index contributed by atoms with van der Waals surface area (Å²) < 4.78 is 5.72. The van der Waals surface area contributed by atoms with Crippen LogP contribution in [0.5, 0.6) is 0 Å². The van der Waals surface area contributed by atoms with E-state index in [0.29, 0.717) is 24.7 Å². The highest BCUT2D eigenvalue weighted by Gasteiger charge is 2.25. The zero-order valence-corrected chi connectivity index (χ0v) is 12.0. The van der Waals surface area contributed by atoms with E-state index in [9.17, 15) is 4.79 Å². The SMILES string of the molecule is CC(C)NC(=O)N1CCOC(c2ccc(Cl)cc2)C1. The fourth-order valence-electron chi connectivity index (χ4n) is 2.05. The molecule has 4 nitrogen and oxygen atoms in total. The van der Waals surface area contributed by atoms with E-state index >= 15 is 0 Å². The van der Waals surface area contributed by atoms with Crippen LogP contribution in [0.15, 0.2) is 24.3 Å². The van der Waals surface area contributed by atoms with Crippen molar-refractivity contribution < 1.29 is 9.53 Å². The van der Waals surface area contributed by atoms with Gasteiger partial charge >= 0.3 is 6.03 Å². The van der Waals surface area contributed by atoms with Gasteiger partial charge in [-0.1, -0.05) is 23.7 Å². The van der Waals surface area contributed by atoms with Crippen molar-refractivity contribution in [3.8, 4) is 0 Å². The van der Waals surface area contributed by atoms with Gasteiger partial charge < -0.3 is 15.0 Å². The van der Waals surface area contributed by atoms with Gasteiger partial charge in [-0.15, -0.1) is 0 Å². The summed E-state index contributed by atoms with van der Waals surface area (Å²) in [5.74, 6) is 0. The van der Waals surface area contributed by atoms with Crippen LogP contribution in [0.1, 0.15) is 25.5 Å². The molecule has 19 heavy (non-hydrogen) atoms. The maximum atomic E-state index is 12.0. The summed E-state index contributed by atoms with van der Waals surface area (Å²) in [7, 11) is 0. The Morgan fingerprint density at radius 2 is 2.11 bits per heavy atom. The van der Waals surface area contributed by atoms with E-state index < -0.39 is 0 Å². The topological polar surface area (TPSA) is 41.6 Å². The van der Waals surface area contributed by atoms with E-state index in [0.717, 1.165) is 5.56 Å². The van der Waals surface area contributed by atoms with Crippen molar-refractivity contribution in [3.63, 3.8) is 0 Å². The molecule has 1 saturated heterocycles. The summed E-state index contributed by atoms with van der Waals surface area (Å²) in [6.45, 7) is 5.66. The predicted octanol–water partition coefficient (Wildman–Crippen LogP) is 2.83. The summed E-state index contributed by atoms with van der Waals surface area (Å²) in [4.78, 5) is 13.8. The minimum atomic E-state index is -0.0797. The lowest BCUT2D eigenvalue weighted by Gasteiger charge is -2.33. The first-order valence-electron chi connectivity index (χ1n) is 6.49. The molecule has 1 unspecified atom stereocenters. The molecule has 1 atom stereocenters. The van der Waals surface area contributed by atoms with Crippen LogP contribution in [0.3, 0.4) is 0 Å². The molecule has 1 N–H and O–H groups in total. The Kier molecular flexibility index (Phi) is 4.66. The van der Waals surface area contributed by atoms with Crippen molar-refractivity contribution in [2.24, 2.45) is 0 Å². The van der Waals surface area contributed by atoms with Gasteiger partial charge in [0.2, 0.25) is 0 Å². The number of hydrogen-bond donors (Lipinski definition) is 1. The van der Waals surface area contributed by atoms with Crippen molar-refractivity contribution in [1.29, 1.82) is 0 Å². The molecule has 0 bridgehead atoms. The smallest absolute Gasteiger partial charge is 0.317 e. The Labute approximate surface area is 118 Å². The molecule has 0 aliphatic carbocycles. The first-order chi connectivity index (χ1) is 9.06. The van der Waals surface area contributed by atoms with E-state index in [1.165, 1.54) is 0 Å². The van der Waals surface area contributed by atoms with Crippen molar-refractivity contribution in [1.82, 2.24) is 10.2 Å². The van der Waals surface area contributed by atoms with Crippen molar-refractivity contribution in [2.45, 2.75) is 26.0 Å². The monoisotopic (exact) mass is 282 g/mol. The lowest BCUT2D eigenvalue weighted by Crippen LogP contribution is -2.48. The Bertz CT molecular complexity index is 434. The average Bonchev–Trinajstić information content (AvgIpc) is 2.39. The minimum Gasteiger partial charge on any atom is -0.370 e. The molecule has 2 rings (SSSR count). The third-order valence-corrected chi connectivity index (χ3v) is 3.26. The Morgan fingerprint density at radius 1 is 1.42 bits per heavy atom. The molecule has 1 fully saturated rings. The van der Waals surface area contributed by atoms with Gasteiger partial charge in [0.1, 0.15) is 6.10 Å². The van der Waals surface area contributed by atoms with Crippen LogP contribution in [0, 0.1) is 0 Å². The van der Waals surface area contributed by atoms with Gasteiger partial charge in [-0.3, -0.25) is 0 Å². The van der Waals surface area contributed by atoms with Crippen molar-refractivity contribution in [2.75, 3.05) is 19.7 Å². The number of nitrogens with one attached hydrogen (secondary N) is 1. The van der Waals surface area contributed by atoms with Crippen LogP contribution in [-0.4, -0.2) is 36.7 Å². The molecule has 1 heterocycles. The number of benzene rings is 1. The molecule has 0 radical (unpaired) electrons. The molecule has 0 aromatic heterocycles. The Hall–Kier alpha value is -1.26. The number of amides is 2. The second-order valence-electron chi connectivity index (χ2n) is 4.96. The van der Waals surface area contributed by atoms with Gasteiger partial charge in [0, 0.05) is 17.6 Å². The number of carbonyl (C=O) groups excluding carboxylic acids is 1. The van der Waals surface area contributed by atoms with Crippen LogP contribution < -0.4 is 5.32 Å². The number of morpholine rings is 1. The zero-order chi connectivity index (χ0) is 13.8. The molecule has 2 amide bonds. The molecule has 1 aromatic rings. The second kappa shape index (κ2) is 6.26. The molecule has 1 aliphatic heterocycles. The fraction of sp³-hybridized carbons (Fsp3) is 0.500. The Morgan fingerprint density at radius 3 is 2.74 bits per heavy atom. The van der Waals surface area contributed by atoms with Crippen LogP contribution in [0.4, 0.5) is 4.79 Å². The maximum Gasteiger partial charge on any atom is 0.317 e. The van der Waals surface area contributed by atoms with Crippen molar-refractivity contribution in [3.05, 3.63) is 34.9 Å². The minimum absolute atomic E-state index is 0.0303. The third-order valence-electron chi connectivity index (χ3n) is 3.01. The normalized spacial score (nSPS) is 19.6. The number of carbonyl (C=O) groups is 1. The zero-order valence-electron chi connectivity index (χ0n) is 11.2. The lowest BCUT2D eigenvalue weighted by atomic mass is 10.1. The summed E-state index contributed by atoms with van der Waals surface area (Å²) in [5.41, 5.74) is 1.05. The van der Waals surface area contributed by atoms with Gasteiger partial charge in [-0.25, -0.2) is 4.79 Å². The Balaban J connectivity index is 2.00. The van der Waals surface area contributed by atoms with Crippen LogP contribution in [0.25, 0.3) is 0 Å². The quantitative estimate of drug-likeness (QED) is 0.906. The fourth-order valence-corrected chi connectivity index (χ4v) is 2.18. The highest BCUT2D eigenvalue weighted by Crippen LogP contribution is 2.23. The number of halogens is 1. The number of rotatable bonds is 2. The van der Waals surface area contributed by atoms with Crippen LogP contribution in [0.2, 0.25) is 5.02 Å². The van der Waals surface area contributed by atoms with Gasteiger partial charge in [0.15, 0.2) is 0 Å². The number of hydrogen-bond acceptors (Lipinski definition) is 2. The first kappa shape index (κ1) is 14.2. The van der Waals surface area contributed by atoms with Crippen LogP contribution in [-0.2, 0) is 4.74 Å². The van der Waals surface area contributed by atoms with E-state index in [1.54, 1.807) is 4.90 Å². The highest BCUT2D eigenvalue weighted by atomic mass is 35.5. The second-order valence-corrected chi connectivity index (χ2v) is 5.40. The third kappa shape index (κ3) is 3.85. The molecule has 5 heteroatoms. The number of ether oxygens (including phenoxy) is 1. The number of nitrogens with zero attached hydrogens (tertiary/aromatic N) is 1. The lowest BCUT2D eigenvalue weighted by molar-refractivity contribution is -0.0156. The van der Waals surface area contributed by atoms with Gasteiger partial charge in [0.25, 0.3) is 0 Å². The van der Waals surface area contributed by atoms with Crippen molar-refractivity contribution >= 4 is 17.6 Å². The molecule has 1 aliphatic rings. The molecular formula is C14H19ClN2O2. The van der Waals surface area contributed by atoms with Crippen LogP contribution >= 0.6 is 11.6 Å².